The van der Waals surface area contributed by atoms with Crippen LogP contribution in [0.3, 0.4) is 0 Å². The van der Waals surface area contributed by atoms with E-state index in [1.165, 1.54) is 29.9 Å². The van der Waals surface area contributed by atoms with Crippen molar-refractivity contribution in [2.75, 3.05) is 19.8 Å². The van der Waals surface area contributed by atoms with Crippen LogP contribution in [0.25, 0.3) is 0 Å². The van der Waals surface area contributed by atoms with Crippen LogP contribution < -0.4 is 27.0 Å². The molecule has 316 valence electrons. The van der Waals surface area contributed by atoms with Gasteiger partial charge >= 0.3 is 7.82 Å². The van der Waals surface area contributed by atoms with Crippen molar-refractivity contribution < 1.29 is 57.5 Å². The third kappa shape index (κ3) is 15.6. The van der Waals surface area contributed by atoms with Gasteiger partial charge in [-0.05, 0) is 44.1 Å². The number of hydrogen-bond acceptors (Lipinski definition) is 11. The maximum absolute atomic E-state index is 13.9. The summed E-state index contributed by atoms with van der Waals surface area (Å²) >= 11 is 0. The Labute approximate surface area is 330 Å². The van der Waals surface area contributed by atoms with Crippen molar-refractivity contribution in [3.63, 3.8) is 0 Å². The fourth-order valence-corrected chi connectivity index (χ4v) is 6.88. The molecule has 2 heterocycles. The predicted molar refractivity (Wildman–Crippen MR) is 203 cm³/mol. The Balaban J connectivity index is 1.69. The van der Waals surface area contributed by atoms with Crippen molar-refractivity contribution in [2.24, 2.45) is 11.7 Å². The normalized spacial score (nSPS) is 18.2. The molecular weight excluding hydrogens is 767 g/mol. The van der Waals surface area contributed by atoms with E-state index in [2.05, 4.69) is 47.9 Å². The number of rotatable bonds is 23. The van der Waals surface area contributed by atoms with Crippen molar-refractivity contribution in [1.29, 1.82) is 0 Å². The number of hydrogen-bond donors (Lipinski definition) is 9. The van der Waals surface area contributed by atoms with Crippen molar-refractivity contribution in [2.45, 2.75) is 109 Å². The molecule has 21 heteroatoms. The first-order chi connectivity index (χ1) is 26.9. The molecule has 10 N–H and O–H groups in total. The highest BCUT2D eigenvalue weighted by atomic mass is 31.2. The number of nitrogens with two attached hydrogens (primary N) is 1. The number of nitrogens with zero attached hydrogens (tertiary/aromatic N) is 2. The third-order valence-corrected chi connectivity index (χ3v) is 9.78. The summed E-state index contributed by atoms with van der Waals surface area (Å²) in [6.07, 6.45) is 3.52. The number of nitrogens with one attached hydrogen (secondary N) is 5. The number of carbonyl (C=O) groups is 6. The Kier molecular flexibility index (Phi) is 18.2. The maximum Gasteiger partial charge on any atom is 0.469 e. The molecule has 1 saturated heterocycles. The summed E-state index contributed by atoms with van der Waals surface area (Å²) in [5.41, 5.74) is 6.92. The second-order valence-corrected chi connectivity index (χ2v) is 15.5. The Morgan fingerprint density at radius 2 is 1.61 bits per heavy atom. The van der Waals surface area contributed by atoms with E-state index in [-0.39, 0.29) is 37.6 Å². The monoisotopic (exact) mass is 822 g/mol. The zero-order valence-electron chi connectivity index (χ0n) is 32.5. The molecule has 1 aliphatic rings. The number of aromatic amines is 1. The molecule has 3 rings (SSSR count). The largest absolute Gasteiger partial charge is 0.469 e. The second kappa shape index (κ2) is 22.3. The van der Waals surface area contributed by atoms with Crippen LogP contribution in [-0.4, -0.2) is 127 Å². The van der Waals surface area contributed by atoms with Gasteiger partial charge in [0, 0.05) is 44.8 Å². The SMILES string of the molecule is CC(=O)N1CC(OCCCCc2ccccc2)C[C@H]1C(=O)N[C@@H](CC(C)C)C(=O)N[C@@H](Cc1cnc[nH]1)C(=O)N[C@@H](CO)C(=O)N[C@H](C(N)=O)[C@@H](C)OP(=O)(O)O. The number of benzene rings is 1. The van der Waals surface area contributed by atoms with E-state index >= 15 is 0 Å². The summed E-state index contributed by atoms with van der Waals surface area (Å²) in [7, 11) is -5.10. The number of aliphatic hydroxyl groups excluding tert-OH is 1. The van der Waals surface area contributed by atoms with Gasteiger partial charge in [-0.1, -0.05) is 44.2 Å². The summed E-state index contributed by atoms with van der Waals surface area (Å²) in [6.45, 7) is 5.73. The number of primary amides is 1. The number of ether oxygens (including phenoxy) is 1. The molecule has 0 saturated carbocycles. The number of phosphoric ester groups is 1. The molecule has 6 amide bonds. The molecule has 0 bridgehead atoms. The highest BCUT2D eigenvalue weighted by molar-refractivity contribution is 7.46. The number of unbranched alkanes of at least 4 members (excludes halogenated alkanes) is 1. The number of aliphatic hydroxyl groups is 1. The van der Waals surface area contributed by atoms with Crippen LogP contribution in [0.15, 0.2) is 42.9 Å². The topological polar surface area (TPSA) is 305 Å². The van der Waals surface area contributed by atoms with Gasteiger partial charge in [0.15, 0.2) is 0 Å². The van der Waals surface area contributed by atoms with Gasteiger partial charge in [-0.15, -0.1) is 0 Å². The van der Waals surface area contributed by atoms with Crippen LogP contribution in [0.5, 0.6) is 0 Å². The fraction of sp³-hybridized carbons (Fsp3) is 0.583. The summed E-state index contributed by atoms with van der Waals surface area (Å²) < 4.78 is 21.8. The summed E-state index contributed by atoms with van der Waals surface area (Å²) in [6, 6.07) is 3.08. The van der Waals surface area contributed by atoms with Crippen LogP contribution in [-0.2, 0) is 55.4 Å². The third-order valence-electron chi connectivity index (χ3n) is 9.17. The molecule has 20 nitrogen and oxygen atoms in total. The van der Waals surface area contributed by atoms with E-state index in [1.807, 2.05) is 32.0 Å². The Morgan fingerprint density at radius 3 is 2.19 bits per heavy atom. The van der Waals surface area contributed by atoms with Crippen LogP contribution in [0.4, 0.5) is 0 Å². The smallest absolute Gasteiger partial charge is 0.394 e. The van der Waals surface area contributed by atoms with Gasteiger partial charge in [0.2, 0.25) is 35.4 Å². The first-order valence-corrected chi connectivity index (χ1v) is 20.2. The van der Waals surface area contributed by atoms with Crippen LogP contribution in [0, 0.1) is 5.92 Å². The van der Waals surface area contributed by atoms with Gasteiger partial charge in [0.1, 0.15) is 30.2 Å². The van der Waals surface area contributed by atoms with Crippen molar-refractivity contribution in [3.05, 3.63) is 54.1 Å². The summed E-state index contributed by atoms with van der Waals surface area (Å²) in [4.78, 5) is 105. The van der Waals surface area contributed by atoms with Crippen LogP contribution in [0.1, 0.15) is 64.6 Å². The quantitative estimate of drug-likeness (QED) is 0.0478. The van der Waals surface area contributed by atoms with Gasteiger partial charge in [-0.25, -0.2) is 9.55 Å². The molecular formula is C36H55N8O12P. The predicted octanol–water partition coefficient (Wildman–Crippen LogP) is -1.06. The minimum Gasteiger partial charge on any atom is -0.394 e. The van der Waals surface area contributed by atoms with E-state index in [9.17, 15) is 38.4 Å². The van der Waals surface area contributed by atoms with Gasteiger partial charge in [0.25, 0.3) is 0 Å². The molecule has 57 heavy (non-hydrogen) atoms. The molecule has 1 aromatic heterocycles. The van der Waals surface area contributed by atoms with Crippen molar-refractivity contribution >= 4 is 43.3 Å². The minimum atomic E-state index is -5.10. The van der Waals surface area contributed by atoms with Crippen molar-refractivity contribution in [1.82, 2.24) is 36.1 Å². The molecule has 7 atom stereocenters. The molecule has 1 aliphatic heterocycles. The lowest BCUT2D eigenvalue weighted by atomic mass is 10.0. The van der Waals surface area contributed by atoms with Gasteiger partial charge in [0.05, 0.1) is 25.1 Å². The van der Waals surface area contributed by atoms with E-state index < -0.39 is 86.4 Å². The lowest BCUT2D eigenvalue weighted by Crippen LogP contribution is -2.61. The van der Waals surface area contributed by atoms with Crippen LogP contribution in [0.2, 0.25) is 0 Å². The molecule has 0 aliphatic carbocycles. The number of likely N-dealkylation sites (tertiary alicyclic amines) is 1. The van der Waals surface area contributed by atoms with Gasteiger partial charge in [-0.3, -0.25) is 33.3 Å². The first kappa shape index (κ1) is 46.7. The van der Waals surface area contributed by atoms with E-state index in [4.69, 9.17) is 20.3 Å². The molecule has 1 aromatic carbocycles. The van der Waals surface area contributed by atoms with E-state index in [0.29, 0.717) is 12.3 Å². The van der Waals surface area contributed by atoms with Gasteiger partial charge in [-0.2, -0.15) is 0 Å². The summed E-state index contributed by atoms with van der Waals surface area (Å²) in [5.74, 6) is -5.12. The lowest BCUT2D eigenvalue weighted by Gasteiger charge is -2.28. The van der Waals surface area contributed by atoms with Crippen molar-refractivity contribution in [3.8, 4) is 0 Å². The zero-order chi connectivity index (χ0) is 42.3. The van der Waals surface area contributed by atoms with E-state index in [0.717, 1.165) is 26.2 Å². The highest BCUT2D eigenvalue weighted by Gasteiger charge is 2.41. The maximum atomic E-state index is 13.9. The number of aryl methyl sites for hydroxylation is 1. The molecule has 1 fully saturated rings. The first-order valence-electron chi connectivity index (χ1n) is 18.6. The number of amides is 6. The standard InChI is InChI=1S/C36H55N8O12P/c1-21(2)14-27(41-36(51)30-16-26(18-44(30)23(4)46)55-13-9-8-12-24-10-6-5-7-11-24)33(48)40-28(15-25-17-38-20-39-25)34(49)42-29(19-45)35(50)43-31(32(37)47)22(3)56-57(52,53)54/h5-7,10-11,17,20-22,26-31,45H,8-9,12-16,18-19H2,1-4H3,(H2,37,47)(H,38,39)(H,40,48)(H,41,51)(H,42,49)(H,43,50)(H2,52,53,54)/t22-,26?,27+,28+,29+,30+,31+/m1/s1. The molecule has 1 unspecified atom stereocenters. The Bertz CT molecular complexity index is 1690. The van der Waals surface area contributed by atoms with Crippen LogP contribution >= 0.6 is 7.82 Å². The average Bonchev–Trinajstić information content (AvgIpc) is 3.82. The number of carbonyl (C=O) groups excluding carboxylic acids is 6. The molecule has 0 spiro atoms. The Morgan fingerprint density at radius 1 is 0.965 bits per heavy atom. The van der Waals surface area contributed by atoms with E-state index in [1.54, 1.807) is 0 Å². The fourth-order valence-electron chi connectivity index (χ4n) is 6.33. The summed E-state index contributed by atoms with van der Waals surface area (Å²) in [5, 5.41) is 19.8. The number of aromatic nitrogens is 2. The number of phosphoric acid groups is 1. The minimum absolute atomic E-state index is 0.113. The number of imidazole rings is 1. The second-order valence-electron chi connectivity index (χ2n) is 14.3. The number of H-pyrrole nitrogens is 1. The average molecular weight is 823 g/mol. The molecule has 0 radical (unpaired) electrons. The highest BCUT2D eigenvalue weighted by Crippen LogP contribution is 2.38. The Hall–Kier alpha value is -4.72. The lowest BCUT2D eigenvalue weighted by molar-refractivity contribution is -0.139. The molecule has 2 aromatic rings. The van der Waals surface area contributed by atoms with Gasteiger partial charge < -0.3 is 56.5 Å². The zero-order valence-corrected chi connectivity index (χ0v) is 33.4.